The van der Waals surface area contributed by atoms with Crippen LogP contribution in [-0.2, 0) is 0 Å². The Hall–Kier alpha value is -0.480. The van der Waals surface area contributed by atoms with Gasteiger partial charge in [-0.25, -0.2) is 0 Å². The van der Waals surface area contributed by atoms with Crippen LogP contribution in [0.1, 0.15) is 71.6 Å². The van der Waals surface area contributed by atoms with Crippen LogP contribution in [0.15, 0.2) is 0 Å². The Morgan fingerprint density at radius 2 is 1.56 bits per heavy atom. The van der Waals surface area contributed by atoms with E-state index in [1.54, 1.807) is 0 Å². The quantitative estimate of drug-likeness (QED) is 0.410. The zero-order valence-corrected chi connectivity index (χ0v) is 11.2. The van der Waals surface area contributed by atoms with Crippen LogP contribution in [0.3, 0.4) is 0 Å². The number of hydrogen-bond acceptors (Lipinski definition) is 1. The zero-order chi connectivity index (χ0) is 12.1. The molecule has 1 N–H and O–H groups in total. The highest BCUT2D eigenvalue weighted by Gasteiger charge is 1.99. The molecule has 0 aliphatic heterocycles. The molecule has 0 rings (SSSR count). The van der Waals surface area contributed by atoms with Gasteiger partial charge in [0.25, 0.3) is 0 Å². The molecule has 0 saturated carbocycles. The molecule has 0 bridgehead atoms. The molecule has 16 heavy (non-hydrogen) atoms. The third-order valence-corrected chi connectivity index (χ3v) is 3.04. The Bertz CT molecular complexity index is 169. The predicted molar refractivity (Wildman–Crippen MR) is 73.5 cm³/mol. The number of terminal acetylenes is 1. The molecule has 0 heterocycles. The van der Waals surface area contributed by atoms with E-state index in [4.69, 9.17) is 6.42 Å². The van der Waals surface area contributed by atoms with Crippen LogP contribution in [0.5, 0.6) is 0 Å². The van der Waals surface area contributed by atoms with Gasteiger partial charge in [-0.2, -0.15) is 0 Å². The normalized spacial score (nSPS) is 12.3. The minimum Gasteiger partial charge on any atom is -0.304 e. The molecule has 0 spiro atoms. The molecule has 1 nitrogen and oxygen atoms in total. The third-order valence-electron chi connectivity index (χ3n) is 3.04. The fraction of sp³-hybridized carbons (Fsp3) is 0.867. The van der Waals surface area contributed by atoms with Crippen molar-refractivity contribution in [3.63, 3.8) is 0 Å². The van der Waals surface area contributed by atoms with Gasteiger partial charge >= 0.3 is 0 Å². The highest BCUT2D eigenvalue weighted by molar-refractivity contribution is 4.87. The van der Waals surface area contributed by atoms with Gasteiger partial charge in [-0.15, -0.1) is 6.42 Å². The van der Waals surface area contributed by atoms with E-state index >= 15 is 0 Å². The second kappa shape index (κ2) is 12.6. The van der Waals surface area contributed by atoms with E-state index < -0.39 is 0 Å². The smallest absolute Gasteiger partial charge is 0.0575 e. The van der Waals surface area contributed by atoms with Gasteiger partial charge in [0.2, 0.25) is 0 Å². The summed E-state index contributed by atoms with van der Waals surface area (Å²) in [5, 5.41) is 3.31. The fourth-order valence-electron chi connectivity index (χ4n) is 1.92. The molecule has 1 heteroatoms. The lowest BCUT2D eigenvalue weighted by Gasteiger charge is -2.11. The molecule has 94 valence electrons. The van der Waals surface area contributed by atoms with Gasteiger partial charge in [0.05, 0.1) is 6.54 Å². The molecule has 0 radical (unpaired) electrons. The van der Waals surface area contributed by atoms with E-state index in [1.165, 1.54) is 57.8 Å². The van der Waals surface area contributed by atoms with Crippen LogP contribution >= 0.6 is 0 Å². The maximum Gasteiger partial charge on any atom is 0.0575 e. The molecule has 0 aliphatic rings. The summed E-state index contributed by atoms with van der Waals surface area (Å²) in [6, 6.07) is 0.580. The molecule has 0 aliphatic carbocycles. The second-order valence-corrected chi connectivity index (χ2v) is 4.75. The van der Waals surface area contributed by atoms with Crippen LogP contribution in [0, 0.1) is 12.3 Å². The van der Waals surface area contributed by atoms with Crippen molar-refractivity contribution in [2.75, 3.05) is 6.54 Å². The molecule has 0 fully saturated rings. The van der Waals surface area contributed by atoms with Gasteiger partial charge in [0.1, 0.15) is 0 Å². The van der Waals surface area contributed by atoms with Gasteiger partial charge in [0.15, 0.2) is 0 Å². The van der Waals surface area contributed by atoms with Gasteiger partial charge in [-0.1, -0.05) is 64.2 Å². The lowest BCUT2D eigenvalue weighted by Crippen LogP contribution is -2.25. The zero-order valence-electron chi connectivity index (χ0n) is 11.2. The van der Waals surface area contributed by atoms with Crippen LogP contribution in [0.4, 0.5) is 0 Å². The third kappa shape index (κ3) is 11.6. The summed E-state index contributed by atoms with van der Waals surface area (Å²) in [5.41, 5.74) is 0. The average molecular weight is 223 g/mol. The average Bonchev–Trinajstić information content (AvgIpc) is 2.30. The summed E-state index contributed by atoms with van der Waals surface area (Å²) >= 11 is 0. The highest BCUT2D eigenvalue weighted by Crippen LogP contribution is 2.10. The topological polar surface area (TPSA) is 12.0 Å². The summed E-state index contributed by atoms with van der Waals surface area (Å²) in [6.07, 6.45) is 17.6. The lowest BCUT2D eigenvalue weighted by molar-refractivity contribution is 0.495. The van der Waals surface area contributed by atoms with Crippen molar-refractivity contribution in [1.82, 2.24) is 5.32 Å². The summed E-state index contributed by atoms with van der Waals surface area (Å²) < 4.78 is 0. The molecule has 0 aromatic carbocycles. The van der Waals surface area contributed by atoms with Gasteiger partial charge in [-0.3, -0.25) is 0 Å². The number of hydrogen-bond donors (Lipinski definition) is 1. The first kappa shape index (κ1) is 15.5. The molecular weight excluding hydrogens is 194 g/mol. The maximum atomic E-state index is 5.20. The van der Waals surface area contributed by atoms with E-state index in [2.05, 4.69) is 25.1 Å². The largest absolute Gasteiger partial charge is 0.304 e. The SMILES string of the molecule is C#CCN[C@H](C)CCCCCCCCCC. The fourth-order valence-corrected chi connectivity index (χ4v) is 1.92. The number of rotatable bonds is 11. The molecule has 0 aromatic heterocycles. The summed E-state index contributed by atoms with van der Waals surface area (Å²) in [5.74, 6) is 2.62. The van der Waals surface area contributed by atoms with Crippen molar-refractivity contribution in [3.8, 4) is 12.3 Å². The lowest BCUT2D eigenvalue weighted by atomic mass is 10.1. The van der Waals surface area contributed by atoms with Crippen LogP contribution < -0.4 is 5.32 Å². The van der Waals surface area contributed by atoms with Crippen molar-refractivity contribution in [2.45, 2.75) is 77.7 Å². The Morgan fingerprint density at radius 1 is 1.00 bits per heavy atom. The van der Waals surface area contributed by atoms with E-state index in [-0.39, 0.29) is 0 Å². The van der Waals surface area contributed by atoms with Gasteiger partial charge in [0, 0.05) is 6.04 Å². The van der Waals surface area contributed by atoms with Crippen molar-refractivity contribution in [1.29, 1.82) is 0 Å². The monoisotopic (exact) mass is 223 g/mol. The Morgan fingerprint density at radius 3 is 2.12 bits per heavy atom. The molecule has 1 atom stereocenters. The molecule has 0 saturated heterocycles. The minimum atomic E-state index is 0.580. The van der Waals surface area contributed by atoms with Crippen LogP contribution in [-0.4, -0.2) is 12.6 Å². The number of unbranched alkanes of at least 4 members (excludes halogenated alkanes) is 7. The summed E-state index contributed by atoms with van der Waals surface area (Å²) in [6.45, 7) is 5.20. The second-order valence-electron chi connectivity index (χ2n) is 4.75. The van der Waals surface area contributed by atoms with Crippen LogP contribution in [0.2, 0.25) is 0 Å². The van der Waals surface area contributed by atoms with Gasteiger partial charge in [-0.05, 0) is 13.3 Å². The standard InChI is InChI=1S/C15H29N/c1-4-6-7-8-9-10-11-12-13-15(3)16-14-5-2/h2,15-16H,4,6-14H2,1,3H3/t15-/m1/s1. The van der Waals surface area contributed by atoms with Crippen LogP contribution in [0.25, 0.3) is 0 Å². The Labute approximate surface area is 102 Å². The Balaban J connectivity index is 3.06. The van der Waals surface area contributed by atoms with E-state index in [1.807, 2.05) is 0 Å². The summed E-state index contributed by atoms with van der Waals surface area (Å²) in [7, 11) is 0. The molecular formula is C15H29N. The van der Waals surface area contributed by atoms with Crippen molar-refractivity contribution in [3.05, 3.63) is 0 Å². The predicted octanol–water partition coefficient (Wildman–Crippen LogP) is 4.13. The Kier molecular flexibility index (Phi) is 12.2. The van der Waals surface area contributed by atoms with E-state index in [0.717, 1.165) is 0 Å². The highest BCUT2D eigenvalue weighted by atomic mass is 14.9. The molecule has 0 unspecified atom stereocenters. The van der Waals surface area contributed by atoms with E-state index in [9.17, 15) is 0 Å². The first-order chi connectivity index (χ1) is 7.81. The van der Waals surface area contributed by atoms with E-state index in [0.29, 0.717) is 12.6 Å². The van der Waals surface area contributed by atoms with Gasteiger partial charge < -0.3 is 5.32 Å². The maximum absolute atomic E-state index is 5.20. The molecule has 0 amide bonds. The first-order valence-electron chi connectivity index (χ1n) is 6.98. The van der Waals surface area contributed by atoms with Crippen molar-refractivity contribution >= 4 is 0 Å². The summed E-state index contributed by atoms with van der Waals surface area (Å²) in [4.78, 5) is 0. The number of nitrogens with one attached hydrogen (secondary N) is 1. The van der Waals surface area contributed by atoms with Crippen molar-refractivity contribution in [2.24, 2.45) is 0 Å². The molecule has 0 aromatic rings. The van der Waals surface area contributed by atoms with Crippen molar-refractivity contribution < 1.29 is 0 Å². The first-order valence-corrected chi connectivity index (χ1v) is 6.98. The minimum absolute atomic E-state index is 0.580.